The topological polar surface area (TPSA) is 32.3 Å². The zero-order valence-corrected chi connectivity index (χ0v) is 12.4. The second-order valence-corrected chi connectivity index (χ2v) is 6.30. The van der Waals surface area contributed by atoms with Gasteiger partial charge in [-0.05, 0) is 56.3 Å². The van der Waals surface area contributed by atoms with E-state index in [1.165, 1.54) is 11.1 Å². The van der Waals surface area contributed by atoms with E-state index in [-0.39, 0.29) is 5.92 Å². The lowest BCUT2D eigenvalue weighted by Gasteiger charge is -2.17. The van der Waals surface area contributed by atoms with Gasteiger partial charge >= 0.3 is 0 Å². The molecular formula is C17H24N2O. The lowest BCUT2D eigenvalue weighted by Crippen LogP contribution is -2.31. The number of amides is 1. The summed E-state index contributed by atoms with van der Waals surface area (Å²) in [5.74, 6) is 1.73. The molecule has 1 heterocycles. The van der Waals surface area contributed by atoms with Gasteiger partial charge in [0.25, 0.3) is 0 Å². The van der Waals surface area contributed by atoms with Gasteiger partial charge in [0.05, 0.1) is 0 Å². The summed E-state index contributed by atoms with van der Waals surface area (Å²) in [5.41, 5.74) is 2.69. The van der Waals surface area contributed by atoms with E-state index in [9.17, 15) is 4.79 Å². The van der Waals surface area contributed by atoms with Crippen molar-refractivity contribution in [1.82, 2.24) is 10.2 Å². The van der Waals surface area contributed by atoms with Gasteiger partial charge in [-0.15, -0.1) is 0 Å². The Kier molecular flexibility index (Phi) is 3.79. The average Bonchev–Trinajstić information content (AvgIpc) is 3.10. The number of likely N-dealkylation sites (tertiary alicyclic amines) is 1. The highest BCUT2D eigenvalue weighted by atomic mass is 16.2. The van der Waals surface area contributed by atoms with Crippen LogP contribution in [0, 0.1) is 18.8 Å². The number of benzene rings is 1. The van der Waals surface area contributed by atoms with E-state index in [0.29, 0.717) is 17.7 Å². The third-order valence-corrected chi connectivity index (χ3v) is 4.79. The van der Waals surface area contributed by atoms with Gasteiger partial charge in [0.2, 0.25) is 5.91 Å². The molecule has 20 heavy (non-hydrogen) atoms. The summed E-state index contributed by atoms with van der Waals surface area (Å²) in [5, 5.41) is 3.22. The number of nitrogens with one attached hydrogen (secondary N) is 1. The van der Waals surface area contributed by atoms with Crippen LogP contribution in [-0.2, 0) is 4.79 Å². The zero-order chi connectivity index (χ0) is 14.1. The van der Waals surface area contributed by atoms with E-state index in [2.05, 4.69) is 41.4 Å². The minimum absolute atomic E-state index is 0.240. The molecule has 1 saturated carbocycles. The number of carbonyl (C=O) groups excluding carboxylic acids is 1. The second-order valence-electron chi connectivity index (χ2n) is 6.30. The number of hydrogen-bond donors (Lipinski definition) is 1. The predicted octanol–water partition coefficient (Wildman–Crippen LogP) is 2.17. The molecule has 0 spiro atoms. The van der Waals surface area contributed by atoms with Gasteiger partial charge in [-0.2, -0.15) is 0 Å². The maximum Gasteiger partial charge on any atom is 0.226 e. The van der Waals surface area contributed by atoms with Crippen LogP contribution in [-0.4, -0.2) is 37.5 Å². The molecule has 1 aromatic carbocycles. The summed E-state index contributed by atoms with van der Waals surface area (Å²) in [4.78, 5) is 14.6. The van der Waals surface area contributed by atoms with Crippen LogP contribution in [0.5, 0.6) is 0 Å². The van der Waals surface area contributed by atoms with Gasteiger partial charge in [-0.25, -0.2) is 0 Å². The van der Waals surface area contributed by atoms with Gasteiger partial charge in [0.1, 0.15) is 0 Å². The van der Waals surface area contributed by atoms with E-state index in [4.69, 9.17) is 0 Å². The molecule has 3 rings (SSSR count). The van der Waals surface area contributed by atoms with E-state index < -0.39 is 0 Å². The minimum Gasteiger partial charge on any atom is -0.342 e. The molecule has 1 amide bonds. The first kappa shape index (κ1) is 13.6. The summed E-state index contributed by atoms with van der Waals surface area (Å²) < 4.78 is 0. The van der Waals surface area contributed by atoms with E-state index in [0.717, 1.165) is 32.5 Å². The highest BCUT2D eigenvalue weighted by Crippen LogP contribution is 2.49. The Morgan fingerprint density at radius 3 is 2.95 bits per heavy atom. The van der Waals surface area contributed by atoms with E-state index in [1.54, 1.807) is 0 Å². The van der Waals surface area contributed by atoms with Crippen molar-refractivity contribution in [3.63, 3.8) is 0 Å². The Balaban J connectivity index is 1.60. The highest BCUT2D eigenvalue weighted by molar-refractivity contribution is 5.83. The molecule has 0 unspecified atom stereocenters. The number of hydrogen-bond acceptors (Lipinski definition) is 2. The Bertz CT molecular complexity index is 500. The molecule has 2 aliphatic rings. The van der Waals surface area contributed by atoms with E-state index >= 15 is 0 Å². The predicted molar refractivity (Wildman–Crippen MR) is 80.6 cm³/mol. The molecule has 1 aromatic rings. The molecule has 0 aromatic heterocycles. The van der Waals surface area contributed by atoms with E-state index in [1.807, 2.05) is 7.05 Å². The van der Waals surface area contributed by atoms with Crippen molar-refractivity contribution in [3.8, 4) is 0 Å². The molecule has 2 fully saturated rings. The van der Waals surface area contributed by atoms with Crippen molar-refractivity contribution in [2.75, 3.05) is 26.7 Å². The molecule has 0 radical (unpaired) electrons. The molecule has 3 heteroatoms. The third-order valence-electron chi connectivity index (χ3n) is 4.79. The average molecular weight is 272 g/mol. The lowest BCUT2D eigenvalue weighted by atomic mass is 10.0. The largest absolute Gasteiger partial charge is 0.342 e. The first-order valence-corrected chi connectivity index (χ1v) is 7.69. The lowest BCUT2D eigenvalue weighted by molar-refractivity contribution is -0.131. The minimum atomic E-state index is 0.240. The molecule has 0 bridgehead atoms. The molecule has 1 aliphatic heterocycles. The fraction of sp³-hybridized carbons (Fsp3) is 0.588. The van der Waals surface area contributed by atoms with Crippen molar-refractivity contribution in [1.29, 1.82) is 0 Å². The molecule has 1 saturated heterocycles. The van der Waals surface area contributed by atoms with Crippen molar-refractivity contribution in [2.24, 2.45) is 11.8 Å². The van der Waals surface area contributed by atoms with Crippen LogP contribution in [0.1, 0.15) is 29.9 Å². The van der Waals surface area contributed by atoms with Crippen LogP contribution in [0.25, 0.3) is 0 Å². The molecule has 3 atom stereocenters. The van der Waals surface area contributed by atoms with Crippen LogP contribution >= 0.6 is 0 Å². The van der Waals surface area contributed by atoms with Crippen LogP contribution < -0.4 is 5.32 Å². The monoisotopic (exact) mass is 272 g/mol. The Morgan fingerprint density at radius 2 is 2.20 bits per heavy atom. The number of nitrogens with zero attached hydrogens (tertiary/aromatic N) is 1. The van der Waals surface area contributed by atoms with Crippen molar-refractivity contribution in [2.45, 2.75) is 25.7 Å². The SMILES string of the molecule is CNC[C@@H]1CCN(C(=O)[C@H]2C[C@H]2c2ccccc2C)C1. The van der Waals surface area contributed by atoms with Gasteiger partial charge in [-0.1, -0.05) is 24.3 Å². The fourth-order valence-electron chi connectivity index (χ4n) is 3.54. The molecule has 108 valence electrons. The Labute approximate surface area is 121 Å². The van der Waals surface area contributed by atoms with Crippen LogP contribution in [0.4, 0.5) is 0 Å². The maximum absolute atomic E-state index is 12.6. The number of aryl methyl sites for hydroxylation is 1. The molecule has 1 aliphatic carbocycles. The first-order chi connectivity index (χ1) is 9.70. The van der Waals surface area contributed by atoms with Gasteiger partial charge in [-0.3, -0.25) is 4.79 Å². The third kappa shape index (κ3) is 2.59. The number of carbonyl (C=O) groups is 1. The summed E-state index contributed by atoms with van der Waals surface area (Å²) in [6, 6.07) is 8.48. The second kappa shape index (κ2) is 5.57. The normalized spacial score (nSPS) is 28.7. The van der Waals surface area contributed by atoms with Gasteiger partial charge in [0.15, 0.2) is 0 Å². The highest BCUT2D eigenvalue weighted by Gasteiger charge is 2.47. The van der Waals surface area contributed by atoms with Crippen LogP contribution in [0.3, 0.4) is 0 Å². The van der Waals surface area contributed by atoms with Gasteiger partial charge in [0, 0.05) is 19.0 Å². The summed E-state index contributed by atoms with van der Waals surface area (Å²) in [7, 11) is 1.99. The molecule has 1 N–H and O–H groups in total. The van der Waals surface area contributed by atoms with Gasteiger partial charge < -0.3 is 10.2 Å². The zero-order valence-electron chi connectivity index (χ0n) is 12.4. The quantitative estimate of drug-likeness (QED) is 0.911. The maximum atomic E-state index is 12.6. The smallest absolute Gasteiger partial charge is 0.226 e. The van der Waals surface area contributed by atoms with Crippen molar-refractivity contribution in [3.05, 3.63) is 35.4 Å². The standard InChI is InChI=1S/C17H24N2O/c1-12-5-3-4-6-14(12)15-9-16(15)17(20)19-8-7-13(11-19)10-18-2/h3-6,13,15-16,18H,7-11H2,1-2H3/t13-,15-,16-/m0/s1. The molecule has 3 nitrogen and oxygen atoms in total. The van der Waals surface area contributed by atoms with Crippen molar-refractivity contribution < 1.29 is 4.79 Å². The number of rotatable bonds is 4. The Hall–Kier alpha value is -1.35. The summed E-state index contributed by atoms with van der Waals surface area (Å²) in [6.07, 6.45) is 2.19. The fourth-order valence-corrected chi connectivity index (χ4v) is 3.54. The van der Waals surface area contributed by atoms with Crippen LogP contribution in [0.15, 0.2) is 24.3 Å². The molecular weight excluding hydrogens is 248 g/mol. The Morgan fingerprint density at radius 1 is 1.40 bits per heavy atom. The first-order valence-electron chi connectivity index (χ1n) is 7.69. The van der Waals surface area contributed by atoms with Crippen molar-refractivity contribution >= 4 is 5.91 Å². The summed E-state index contributed by atoms with van der Waals surface area (Å²) in [6.45, 7) is 5.06. The van der Waals surface area contributed by atoms with Crippen LogP contribution in [0.2, 0.25) is 0 Å². The summed E-state index contributed by atoms with van der Waals surface area (Å²) >= 11 is 0.